The highest BCUT2D eigenvalue weighted by Crippen LogP contribution is 2.25. The Bertz CT molecular complexity index is 1410. The Hall–Kier alpha value is -4.40. The number of hydrogen-bond donors (Lipinski definition) is 3. The lowest BCUT2D eigenvalue weighted by Crippen LogP contribution is -2.37. The number of rotatable bonds is 9. The third kappa shape index (κ3) is 5.55. The lowest BCUT2D eigenvalue weighted by Gasteiger charge is -2.23. The number of oxime groups is 1. The molecule has 2 heterocycles. The first kappa shape index (κ1) is 25.7. The Kier molecular flexibility index (Phi) is 8.02. The molecule has 0 amide bonds. The van der Waals surface area contributed by atoms with E-state index in [0.29, 0.717) is 29.1 Å². The minimum absolute atomic E-state index is 0.0537. The minimum Gasteiger partial charge on any atom is -0.494 e. The maximum atomic E-state index is 13.8. The van der Waals surface area contributed by atoms with Gasteiger partial charge in [0, 0.05) is 23.7 Å². The number of aryl methyl sites for hydroxylation is 2. The second kappa shape index (κ2) is 11.6. The van der Waals surface area contributed by atoms with Crippen molar-refractivity contribution in [1.82, 2.24) is 14.9 Å². The topological polar surface area (TPSA) is 127 Å². The van der Waals surface area contributed by atoms with Crippen LogP contribution in [0, 0.1) is 6.92 Å². The fraction of sp³-hybridized carbons (Fsp3) is 0.286. The van der Waals surface area contributed by atoms with E-state index in [1.165, 1.54) is 0 Å². The van der Waals surface area contributed by atoms with Gasteiger partial charge in [0.25, 0.3) is 5.56 Å². The maximum Gasteiger partial charge on any atom is 0.260 e. The molecule has 0 radical (unpaired) electrons. The summed E-state index contributed by atoms with van der Waals surface area (Å²) in [6, 6.07) is 15.4. The summed E-state index contributed by atoms with van der Waals surface area (Å²) in [4.78, 5) is 23.1. The van der Waals surface area contributed by atoms with Crippen molar-refractivity contribution in [3.05, 3.63) is 99.1 Å². The molecule has 192 valence electrons. The van der Waals surface area contributed by atoms with Crippen LogP contribution in [0.4, 0.5) is 0 Å². The summed E-state index contributed by atoms with van der Waals surface area (Å²) < 4.78 is 6.78. The number of hydrogen-bond acceptors (Lipinski definition) is 7. The summed E-state index contributed by atoms with van der Waals surface area (Å²) >= 11 is 0. The van der Waals surface area contributed by atoms with Crippen molar-refractivity contribution in [2.24, 2.45) is 15.9 Å². The van der Waals surface area contributed by atoms with Crippen LogP contribution in [0.15, 0.2) is 75.4 Å². The van der Waals surface area contributed by atoms with Crippen LogP contribution >= 0.6 is 0 Å². The predicted molar refractivity (Wildman–Crippen MR) is 145 cm³/mol. The summed E-state index contributed by atoms with van der Waals surface area (Å²) in [6.45, 7) is 3.96. The van der Waals surface area contributed by atoms with E-state index in [2.05, 4.69) is 22.4 Å². The summed E-state index contributed by atoms with van der Waals surface area (Å²) in [5.41, 5.74) is 10.7. The molecule has 9 heteroatoms. The largest absolute Gasteiger partial charge is 0.494 e. The number of nitrogens with two attached hydrogens (primary N) is 1. The number of nitrogens with zero attached hydrogens (tertiary/aromatic N) is 4. The van der Waals surface area contributed by atoms with Crippen molar-refractivity contribution in [3.8, 4) is 11.1 Å². The van der Waals surface area contributed by atoms with Gasteiger partial charge >= 0.3 is 0 Å². The molecule has 4 N–H and O–H groups in total. The summed E-state index contributed by atoms with van der Waals surface area (Å²) in [5.74, 6) is 1.25. The summed E-state index contributed by atoms with van der Waals surface area (Å²) in [5, 5.41) is 15.4. The Balaban J connectivity index is 1.69. The molecule has 2 aromatic carbocycles. The van der Waals surface area contributed by atoms with Crippen LogP contribution < -0.4 is 16.6 Å². The molecule has 0 saturated carbocycles. The van der Waals surface area contributed by atoms with E-state index in [1.54, 1.807) is 24.1 Å². The molecule has 0 saturated heterocycles. The third-order valence-electron chi connectivity index (χ3n) is 6.39. The Morgan fingerprint density at radius 1 is 1.22 bits per heavy atom. The Labute approximate surface area is 216 Å². The van der Waals surface area contributed by atoms with E-state index in [0.717, 1.165) is 41.6 Å². The SMILES string of the molecule is CCCCc1nc(C)n(C2N=CC(OC)=CN2)c(=O)c1Cc1ccc(-c2ccccc2/C(N)=N/O)cc1. The molecule has 0 fully saturated rings. The van der Waals surface area contributed by atoms with Crippen LogP contribution in [-0.2, 0) is 17.6 Å². The molecule has 3 aromatic rings. The van der Waals surface area contributed by atoms with Gasteiger partial charge in [0.15, 0.2) is 11.6 Å². The highest BCUT2D eigenvalue weighted by Gasteiger charge is 2.21. The highest BCUT2D eigenvalue weighted by molar-refractivity contribution is 6.03. The van der Waals surface area contributed by atoms with Gasteiger partial charge in [0.05, 0.1) is 19.0 Å². The van der Waals surface area contributed by atoms with Gasteiger partial charge in [-0.3, -0.25) is 9.36 Å². The minimum atomic E-state index is -0.588. The molecular formula is C28H32N6O3. The second-order valence-electron chi connectivity index (χ2n) is 8.84. The number of aromatic nitrogens is 2. The van der Waals surface area contributed by atoms with Crippen molar-refractivity contribution >= 4 is 12.1 Å². The van der Waals surface area contributed by atoms with Gasteiger partial charge in [-0.1, -0.05) is 67.0 Å². The number of aliphatic imine (C=N–C) groups is 1. The van der Waals surface area contributed by atoms with Gasteiger partial charge < -0.3 is 21.0 Å². The van der Waals surface area contributed by atoms with Gasteiger partial charge in [-0.2, -0.15) is 0 Å². The number of ether oxygens (including phenoxy) is 1. The monoisotopic (exact) mass is 500 g/mol. The average Bonchev–Trinajstić information content (AvgIpc) is 2.94. The van der Waals surface area contributed by atoms with E-state index in [4.69, 9.17) is 20.7 Å². The van der Waals surface area contributed by atoms with Crippen LogP contribution in [0.5, 0.6) is 0 Å². The standard InChI is InChI=1S/C28H32N6O3/c1-4-5-10-25-24(27(35)34(18(2)32-25)28-30-16-21(37-3)17-31-28)15-19-11-13-20(14-12-19)22-8-6-7-9-23(22)26(29)33-36/h6-9,11-14,16-17,28,30,36H,4-5,10,15H2,1-3H3,(H2,29,33). The fourth-order valence-electron chi connectivity index (χ4n) is 4.40. The highest BCUT2D eigenvalue weighted by atomic mass is 16.5. The van der Waals surface area contributed by atoms with Crippen LogP contribution in [0.3, 0.4) is 0 Å². The zero-order chi connectivity index (χ0) is 26.4. The van der Waals surface area contributed by atoms with Crippen molar-refractivity contribution in [1.29, 1.82) is 0 Å². The van der Waals surface area contributed by atoms with E-state index in [1.807, 2.05) is 55.5 Å². The van der Waals surface area contributed by atoms with Crippen molar-refractivity contribution in [2.75, 3.05) is 7.11 Å². The summed E-state index contributed by atoms with van der Waals surface area (Å²) in [6.07, 6.45) is 5.85. The molecule has 1 aliphatic rings. The Morgan fingerprint density at radius 2 is 1.97 bits per heavy atom. The number of nitrogens with one attached hydrogen (secondary N) is 1. The van der Waals surface area contributed by atoms with Crippen LogP contribution in [0.2, 0.25) is 0 Å². The van der Waals surface area contributed by atoms with Crippen molar-refractivity contribution < 1.29 is 9.94 Å². The third-order valence-corrected chi connectivity index (χ3v) is 6.39. The summed E-state index contributed by atoms with van der Waals surface area (Å²) in [7, 11) is 1.57. The maximum absolute atomic E-state index is 13.8. The van der Waals surface area contributed by atoms with Crippen LogP contribution in [0.1, 0.15) is 54.3 Å². The fourth-order valence-corrected chi connectivity index (χ4v) is 4.40. The normalized spacial score (nSPS) is 15.3. The lowest BCUT2D eigenvalue weighted by molar-refractivity contribution is 0.304. The quantitative estimate of drug-likeness (QED) is 0.177. The van der Waals surface area contributed by atoms with E-state index >= 15 is 0 Å². The second-order valence-corrected chi connectivity index (χ2v) is 8.84. The average molecular weight is 501 g/mol. The van der Waals surface area contributed by atoms with E-state index < -0.39 is 6.29 Å². The van der Waals surface area contributed by atoms with Crippen LogP contribution in [0.25, 0.3) is 11.1 Å². The molecule has 1 unspecified atom stereocenters. The van der Waals surface area contributed by atoms with Gasteiger partial charge in [0.2, 0.25) is 6.29 Å². The number of amidine groups is 1. The molecule has 1 aliphatic heterocycles. The molecule has 37 heavy (non-hydrogen) atoms. The van der Waals surface area contributed by atoms with Gasteiger partial charge in [-0.25, -0.2) is 9.98 Å². The van der Waals surface area contributed by atoms with E-state index in [9.17, 15) is 4.79 Å². The molecule has 1 atom stereocenters. The number of benzene rings is 2. The first-order chi connectivity index (χ1) is 18.0. The zero-order valence-corrected chi connectivity index (χ0v) is 21.3. The molecule has 0 aliphatic carbocycles. The van der Waals surface area contributed by atoms with Gasteiger partial charge in [-0.05, 0) is 36.5 Å². The molecular weight excluding hydrogens is 468 g/mol. The van der Waals surface area contributed by atoms with Crippen LogP contribution in [-0.4, -0.2) is 33.9 Å². The van der Waals surface area contributed by atoms with Crippen molar-refractivity contribution in [2.45, 2.75) is 45.8 Å². The number of unbranched alkanes of at least 4 members (excludes halogenated alkanes) is 1. The first-order valence-electron chi connectivity index (χ1n) is 12.3. The van der Waals surface area contributed by atoms with Gasteiger partial charge in [-0.15, -0.1) is 0 Å². The van der Waals surface area contributed by atoms with Gasteiger partial charge in [0.1, 0.15) is 5.82 Å². The van der Waals surface area contributed by atoms with E-state index in [-0.39, 0.29) is 11.4 Å². The predicted octanol–water partition coefficient (Wildman–Crippen LogP) is 3.86. The smallest absolute Gasteiger partial charge is 0.260 e. The number of methoxy groups -OCH3 is 1. The first-order valence-corrected chi connectivity index (χ1v) is 12.3. The zero-order valence-electron chi connectivity index (χ0n) is 21.3. The molecule has 0 spiro atoms. The molecule has 1 aromatic heterocycles. The Morgan fingerprint density at radius 3 is 2.62 bits per heavy atom. The molecule has 0 bridgehead atoms. The lowest BCUT2D eigenvalue weighted by atomic mass is 9.96. The molecule has 4 rings (SSSR count). The molecule has 9 nitrogen and oxygen atoms in total. The van der Waals surface area contributed by atoms with Crippen molar-refractivity contribution in [3.63, 3.8) is 0 Å². The number of allylic oxidation sites excluding steroid dienone is 1.